The van der Waals surface area contributed by atoms with E-state index in [2.05, 4.69) is 16.2 Å². The number of hydrogen-bond acceptors (Lipinski definition) is 4. The summed E-state index contributed by atoms with van der Waals surface area (Å²) in [5.41, 5.74) is 0. The lowest BCUT2D eigenvalue weighted by Gasteiger charge is -2.18. The maximum atomic E-state index is 5.94. The standard InChI is InChI=1S/C8H11Cl2N3S/c1-13(3-4-14-2)7-6(9)5-11-8(10)12-7/h5H,3-4H2,1-2H3. The number of rotatable bonds is 4. The van der Waals surface area contributed by atoms with E-state index in [0.29, 0.717) is 10.8 Å². The molecule has 78 valence electrons. The number of thioether (sulfide) groups is 1. The van der Waals surface area contributed by atoms with Gasteiger partial charge in [-0.2, -0.15) is 16.7 Å². The number of aromatic nitrogens is 2. The molecule has 0 aliphatic heterocycles. The first-order chi connectivity index (χ1) is 6.65. The summed E-state index contributed by atoms with van der Waals surface area (Å²) in [7, 11) is 1.93. The van der Waals surface area contributed by atoms with Crippen molar-refractivity contribution in [2.75, 3.05) is 30.5 Å². The normalized spacial score (nSPS) is 10.3. The predicted octanol–water partition coefficient (Wildman–Crippen LogP) is 2.58. The summed E-state index contributed by atoms with van der Waals surface area (Å²) in [6, 6.07) is 0. The van der Waals surface area contributed by atoms with Crippen molar-refractivity contribution in [3.05, 3.63) is 16.5 Å². The van der Waals surface area contributed by atoms with Gasteiger partial charge in [0.2, 0.25) is 5.28 Å². The highest BCUT2D eigenvalue weighted by Gasteiger charge is 2.08. The minimum Gasteiger partial charge on any atom is -0.357 e. The third kappa shape index (κ3) is 3.19. The Hall–Kier alpha value is -0.190. The van der Waals surface area contributed by atoms with Gasteiger partial charge >= 0.3 is 0 Å². The summed E-state index contributed by atoms with van der Waals surface area (Å²) in [6.45, 7) is 0.883. The fraction of sp³-hybridized carbons (Fsp3) is 0.500. The van der Waals surface area contributed by atoms with Gasteiger partial charge in [-0.05, 0) is 17.9 Å². The minimum atomic E-state index is 0.223. The van der Waals surface area contributed by atoms with Gasteiger partial charge in [0, 0.05) is 19.3 Å². The second-order valence-corrected chi connectivity index (χ2v) is 4.46. The van der Waals surface area contributed by atoms with Gasteiger partial charge in [0.1, 0.15) is 5.02 Å². The fourth-order valence-electron chi connectivity index (χ4n) is 0.939. The van der Waals surface area contributed by atoms with E-state index in [1.807, 2.05) is 11.9 Å². The SMILES string of the molecule is CSCCN(C)c1nc(Cl)ncc1Cl. The molecule has 6 heteroatoms. The fourth-order valence-corrected chi connectivity index (χ4v) is 1.76. The molecule has 14 heavy (non-hydrogen) atoms. The zero-order valence-electron chi connectivity index (χ0n) is 8.00. The molecule has 0 radical (unpaired) electrons. The van der Waals surface area contributed by atoms with E-state index >= 15 is 0 Å². The van der Waals surface area contributed by atoms with Crippen LogP contribution in [0, 0.1) is 0 Å². The zero-order valence-corrected chi connectivity index (χ0v) is 10.3. The average molecular weight is 252 g/mol. The summed E-state index contributed by atoms with van der Waals surface area (Å²) >= 11 is 13.4. The van der Waals surface area contributed by atoms with Crippen LogP contribution in [0.15, 0.2) is 6.20 Å². The first-order valence-electron chi connectivity index (χ1n) is 4.03. The lowest BCUT2D eigenvalue weighted by Crippen LogP contribution is -2.21. The monoisotopic (exact) mass is 251 g/mol. The van der Waals surface area contributed by atoms with Crippen molar-refractivity contribution in [3.8, 4) is 0 Å². The van der Waals surface area contributed by atoms with Gasteiger partial charge in [0.15, 0.2) is 5.82 Å². The van der Waals surface area contributed by atoms with Crippen LogP contribution in [0.25, 0.3) is 0 Å². The van der Waals surface area contributed by atoms with E-state index in [0.717, 1.165) is 12.3 Å². The Morgan fingerprint density at radius 1 is 1.50 bits per heavy atom. The van der Waals surface area contributed by atoms with Crippen molar-refractivity contribution in [1.29, 1.82) is 0 Å². The highest BCUT2D eigenvalue weighted by atomic mass is 35.5. The van der Waals surface area contributed by atoms with Crippen molar-refractivity contribution in [1.82, 2.24) is 9.97 Å². The van der Waals surface area contributed by atoms with E-state index in [9.17, 15) is 0 Å². The molecule has 0 fully saturated rings. The van der Waals surface area contributed by atoms with Crippen molar-refractivity contribution in [2.24, 2.45) is 0 Å². The molecule has 0 saturated heterocycles. The molecule has 1 aromatic rings. The van der Waals surface area contributed by atoms with E-state index in [-0.39, 0.29) is 5.28 Å². The van der Waals surface area contributed by atoms with Gasteiger partial charge in [-0.1, -0.05) is 11.6 Å². The Morgan fingerprint density at radius 2 is 2.21 bits per heavy atom. The van der Waals surface area contributed by atoms with Gasteiger partial charge in [0.05, 0.1) is 6.20 Å². The summed E-state index contributed by atoms with van der Waals surface area (Å²) in [5, 5.41) is 0.749. The van der Waals surface area contributed by atoms with Crippen molar-refractivity contribution >= 4 is 40.8 Å². The summed E-state index contributed by atoms with van der Waals surface area (Å²) in [6.07, 6.45) is 3.57. The van der Waals surface area contributed by atoms with Crippen LogP contribution in [-0.2, 0) is 0 Å². The molecule has 0 bridgehead atoms. The zero-order chi connectivity index (χ0) is 10.6. The molecular formula is C8H11Cl2N3S. The van der Waals surface area contributed by atoms with Crippen LogP contribution in [-0.4, -0.2) is 35.6 Å². The highest BCUT2D eigenvalue weighted by molar-refractivity contribution is 7.98. The topological polar surface area (TPSA) is 29.0 Å². The molecule has 0 aromatic carbocycles. The van der Waals surface area contributed by atoms with Gasteiger partial charge in [-0.3, -0.25) is 0 Å². The average Bonchev–Trinajstić information content (AvgIpc) is 2.18. The Bertz CT molecular complexity index is 309. The number of anilines is 1. The van der Waals surface area contributed by atoms with Crippen molar-refractivity contribution in [2.45, 2.75) is 0 Å². The largest absolute Gasteiger partial charge is 0.357 e. The van der Waals surface area contributed by atoms with E-state index in [1.54, 1.807) is 11.8 Å². The van der Waals surface area contributed by atoms with Crippen LogP contribution < -0.4 is 4.90 Å². The number of halogens is 2. The Balaban J connectivity index is 2.77. The lowest BCUT2D eigenvalue weighted by atomic mass is 10.5. The van der Waals surface area contributed by atoms with Crippen LogP contribution >= 0.6 is 35.0 Å². The molecule has 1 heterocycles. The number of nitrogens with zero attached hydrogens (tertiary/aromatic N) is 3. The molecule has 0 aliphatic rings. The maximum absolute atomic E-state index is 5.94. The van der Waals surface area contributed by atoms with Gasteiger partial charge in [0.25, 0.3) is 0 Å². The smallest absolute Gasteiger partial charge is 0.224 e. The molecule has 0 aliphatic carbocycles. The van der Waals surface area contributed by atoms with Crippen LogP contribution in [0.3, 0.4) is 0 Å². The van der Waals surface area contributed by atoms with Gasteiger partial charge < -0.3 is 4.90 Å². The molecular weight excluding hydrogens is 241 g/mol. The molecule has 0 amide bonds. The Labute approximate surface area is 97.8 Å². The van der Waals surface area contributed by atoms with Crippen LogP contribution in [0.4, 0.5) is 5.82 Å². The first-order valence-corrected chi connectivity index (χ1v) is 6.18. The quantitative estimate of drug-likeness (QED) is 0.770. The predicted molar refractivity (Wildman–Crippen MR) is 63.7 cm³/mol. The van der Waals surface area contributed by atoms with E-state index < -0.39 is 0 Å². The Kier molecular flexibility index (Phi) is 4.78. The number of hydrogen-bond donors (Lipinski definition) is 0. The lowest BCUT2D eigenvalue weighted by molar-refractivity contribution is 0.937. The second-order valence-electron chi connectivity index (χ2n) is 2.72. The Morgan fingerprint density at radius 3 is 2.86 bits per heavy atom. The van der Waals surface area contributed by atoms with Gasteiger partial charge in [-0.15, -0.1) is 0 Å². The third-order valence-electron chi connectivity index (χ3n) is 1.69. The molecule has 1 aromatic heterocycles. The summed E-state index contributed by atoms with van der Waals surface area (Å²) in [4.78, 5) is 9.82. The second kappa shape index (κ2) is 5.63. The summed E-state index contributed by atoms with van der Waals surface area (Å²) in [5.74, 6) is 1.70. The first kappa shape index (κ1) is 11.9. The molecule has 0 atom stereocenters. The molecule has 0 spiro atoms. The van der Waals surface area contributed by atoms with E-state index in [1.165, 1.54) is 6.20 Å². The highest BCUT2D eigenvalue weighted by Crippen LogP contribution is 2.22. The third-order valence-corrected chi connectivity index (χ3v) is 2.73. The maximum Gasteiger partial charge on any atom is 0.224 e. The molecule has 3 nitrogen and oxygen atoms in total. The van der Waals surface area contributed by atoms with Gasteiger partial charge in [-0.25, -0.2) is 4.98 Å². The van der Waals surface area contributed by atoms with Crippen LogP contribution in [0.5, 0.6) is 0 Å². The van der Waals surface area contributed by atoms with E-state index in [4.69, 9.17) is 23.2 Å². The molecule has 0 N–H and O–H groups in total. The molecule has 0 unspecified atom stereocenters. The minimum absolute atomic E-state index is 0.223. The summed E-state index contributed by atoms with van der Waals surface area (Å²) < 4.78 is 0. The van der Waals surface area contributed by atoms with Crippen molar-refractivity contribution < 1.29 is 0 Å². The molecule has 1 rings (SSSR count). The molecule has 0 saturated carbocycles. The van der Waals surface area contributed by atoms with Crippen molar-refractivity contribution in [3.63, 3.8) is 0 Å². The van der Waals surface area contributed by atoms with Crippen LogP contribution in [0.2, 0.25) is 10.3 Å². The van der Waals surface area contributed by atoms with Crippen LogP contribution in [0.1, 0.15) is 0 Å².